The summed E-state index contributed by atoms with van der Waals surface area (Å²) in [5.74, 6) is 0. The molecule has 0 fully saturated rings. The molecule has 0 atom stereocenters. The highest BCUT2D eigenvalue weighted by Crippen LogP contribution is 1.89. The van der Waals surface area contributed by atoms with Crippen LogP contribution in [-0.2, 0) is 0 Å². The molecule has 1 heteroatoms. The summed E-state index contributed by atoms with van der Waals surface area (Å²) in [4.78, 5) is 4.00. The van der Waals surface area contributed by atoms with Gasteiger partial charge in [-0.3, -0.25) is 4.99 Å². The van der Waals surface area contributed by atoms with Crippen molar-refractivity contribution in [2.45, 2.75) is 27.7 Å². The quantitative estimate of drug-likeness (QED) is 0.521. The first-order valence-electron chi connectivity index (χ1n) is 3.50. The topological polar surface area (TPSA) is 12.4 Å². The highest BCUT2D eigenvalue weighted by Gasteiger charge is 1.78. The summed E-state index contributed by atoms with van der Waals surface area (Å²) < 4.78 is 0. The Morgan fingerprint density at radius 3 is 1.80 bits per heavy atom. The van der Waals surface area contributed by atoms with Gasteiger partial charge in [-0.1, -0.05) is 27.0 Å². The summed E-state index contributed by atoms with van der Waals surface area (Å²) in [5, 5.41) is 0. The van der Waals surface area contributed by atoms with Crippen molar-refractivity contribution in [2.75, 3.05) is 0 Å². The lowest BCUT2D eigenvalue weighted by Gasteiger charge is -1.87. The zero-order chi connectivity index (χ0) is 8.57. The standard InChI is InChI=1S/C7H11N.C2H6/c1-5-7(4)8-6(2)3;1-2/h5H,1-2H2,3-4H3;1-2H3. The first-order valence-corrected chi connectivity index (χ1v) is 3.50. The van der Waals surface area contributed by atoms with Crippen LogP contribution in [0.25, 0.3) is 0 Å². The summed E-state index contributed by atoms with van der Waals surface area (Å²) in [6.07, 6.45) is 1.70. The van der Waals surface area contributed by atoms with Crippen molar-refractivity contribution >= 4 is 5.71 Å². The Morgan fingerprint density at radius 2 is 1.70 bits per heavy atom. The summed E-state index contributed by atoms with van der Waals surface area (Å²) in [6, 6.07) is 0. The molecule has 0 bridgehead atoms. The van der Waals surface area contributed by atoms with Crippen LogP contribution in [0, 0.1) is 0 Å². The molecule has 1 nitrogen and oxygen atoms in total. The normalized spacial score (nSPS) is 9.40. The molecule has 0 saturated carbocycles. The predicted molar refractivity (Wildman–Crippen MR) is 49.5 cm³/mol. The van der Waals surface area contributed by atoms with Crippen LogP contribution in [0.4, 0.5) is 0 Å². The van der Waals surface area contributed by atoms with Crippen LogP contribution in [0.15, 0.2) is 29.9 Å². The Bertz CT molecular complexity index is 132. The molecule has 0 amide bonds. The van der Waals surface area contributed by atoms with Crippen molar-refractivity contribution in [1.29, 1.82) is 0 Å². The summed E-state index contributed by atoms with van der Waals surface area (Å²) in [7, 11) is 0. The van der Waals surface area contributed by atoms with Gasteiger partial charge in [-0.15, -0.1) is 0 Å². The van der Waals surface area contributed by atoms with Crippen LogP contribution in [0.1, 0.15) is 27.7 Å². The van der Waals surface area contributed by atoms with E-state index in [4.69, 9.17) is 0 Å². The molecular weight excluding hydrogens is 122 g/mol. The Morgan fingerprint density at radius 1 is 1.30 bits per heavy atom. The van der Waals surface area contributed by atoms with Crippen LogP contribution in [0.5, 0.6) is 0 Å². The first kappa shape index (κ1) is 11.9. The van der Waals surface area contributed by atoms with Gasteiger partial charge in [-0.2, -0.15) is 0 Å². The second-order valence-electron chi connectivity index (χ2n) is 1.69. The van der Waals surface area contributed by atoms with E-state index in [1.54, 1.807) is 6.08 Å². The molecule has 58 valence electrons. The second-order valence-corrected chi connectivity index (χ2v) is 1.69. The Hall–Kier alpha value is -0.850. The van der Waals surface area contributed by atoms with E-state index in [9.17, 15) is 0 Å². The van der Waals surface area contributed by atoms with Gasteiger partial charge in [0.2, 0.25) is 0 Å². The molecule has 0 aromatic carbocycles. The Labute approximate surface area is 64.2 Å². The molecule has 0 rings (SSSR count). The van der Waals surface area contributed by atoms with Gasteiger partial charge in [0.15, 0.2) is 0 Å². The molecule has 0 heterocycles. The van der Waals surface area contributed by atoms with Crippen LogP contribution < -0.4 is 0 Å². The largest absolute Gasteiger partial charge is 0.259 e. The molecule has 0 radical (unpaired) electrons. The van der Waals surface area contributed by atoms with E-state index >= 15 is 0 Å². The molecule has 10 heavy (non-hydrogen) atoms. The van der Waals surface area contributed by atoms with E-state index < -0.39 is 0 Å². The minimum Gasteiger partial charge on any atom is -0.259 e. The minimum atomic E-state index is 0.822. The molecular formula is C9H17N. The summed E-state index contributed by atoms with van der Waals surface area (Å²) in [6.45, 7) is 14.9. The maximum atomic E-state index is 4.00. The number of hydrogen-bond donors (Lipinski definition) is 0. The third kappa shape index (κ3) is 10.2. The highest BCUT2D eigenvalue weighted by atomic mass is 14.7. The smallest absolute Gasteiger partial charge is 0.0369 e. The first-order chi connectivity index (χ1) is 4.66. The number of allylic oxidation sites excluding steroid dienone is 2. The number of rotatable bonds is 2. The van der Waals surface area contributed by atoms with Gasteiger partial charge in [0.05, 0.1) is 0 Å². The molecule has 0 N–H and O–H groups in total. The lowest BCUT2D eigenvalue weighted by molar-refractivity contribution is 1.32. The molecule has 0 aliphatic rings. The van der Waals surface area contributed by atoms with Crippen molar-refractivity contribution in [1.82, 2.24) is 0 Å². The average molecular weight is 139 g/mol. The van der Waals surface area contributed by atoms with Crippen LogP contribution in [-0.4, -0.2) is 5.71 Å². The number of aliphatic imine (C=N–C) groups is 1. The van der Waals surface area contributed by atoms with Gasteiger partial charge in [0.25, 0.3) is 0 Å². The van der Waals surface area contributed by atoms with Gasteiger partial charge in [-0.05, 0) is 19.9 Å². The van der Waals surface area contributed by atoms with Gasteiger partial charge in [0.1, 0.15) is 0 Å². The van der Waals surface area contributed by atoms with Gasteiger partial charge < -0.3 is 0 Å². The third-order valence-electron chi connectivity index (χ3n) is 0.663. The average Bonchev–Trinajstić information content (AvgIpc) is 1.91. The van der Waals surface area contributed by atoms with Gasteiger partial charge in [0, 0.05) is 11.4 Å². The summed E-state index contributed by atoms with van der Waals surface area (Å²) >= 11 is 0. The monoisotopic (exact) mass is 139 g/mol. The van der Waals surface area contributed by atoms with Gasteiger partial charge >= 0.3 is 0 Å². The van der Waals surface area contributed by atoms with Crippen molar-refractivity contribution in [3.05, 3.63) is 24.9 Å². The molecule has 0 aliphatic heterocycles. The third-order valence-corrected chi connectivity index (χ3v) is 0.663. The fourth-order valence-corrected chi connectivity index (χ4v) is 0.347. The van der Waals surface area contributed by atoms with Crippen molar-refractivity contribution < 1.29 is 0 Å². The summed E-state index contributed by atoms with van der Waals surface area (Å²) in [5.41, 5.74) is 1.74. The van der Waals surface area contributed by atoms with Crippen LogP contribution in [0.2, 0.25) is 0 Å². The van der Waals surface area contributed by atoms with Crippen LogP contribution >= 0.6 is 0 Å². The fraction of sp³-hybridized carbons (Fsp3) is 0.444. The highest BCUT2D eigenvalue weighted by molar-refractivity contribution is 5.92. The molecule has 0 saturated heterocycles. The molecule has 0 aliphatic carbocycles. The molecule has 0 spiro atoms. The molecule has 0 aromatic rings. The lowest BCUT2D eigenvalue weighted by atomic mass is 10.4. The maximum absolute atomic E-state index is 4.00. The van der Waals surface area contributed by atoms with E-state index in [-0.39, 0.29) is 0 Å². The maximum Gasteiger partial charge on any atom is 0.0369 e. The lowest BCUT2D eigenvalue weighted by Crippen LogP contribution is -1.81. The molecule has 0 aromatic heterocycles. The zero-order valence-corrected chi connectivity index (χ0v) is 7.44. The fourth-order valence-electron chi connectivity index (χ4n) is 0.347. The predicted octanol–water partition coefficient (Wildman–Crippen LogP) is 3.19. The van der Waals surface area contributed by atoms with Crippen molar-refractivity contribution in [3.63, 3.8) is 0 Å². The van der Waals surface area contributed by atoms with E-state index in [2.05, 4.69) is 18.2 Å². The zero-order valence-electron chi connectivity index (χ0n) is 7.44. The molecule has 0 unspecified atom stereocenters. The Balaban J connectivity index is 0. The van der Waals surface area contributed by atoms with E-state index in [0.717, 1.165) is 11.4 Å². The Kier molecular flexibility index (Phi) is 9.69. The van der Waals surface area contributed by atoms with E-state index in [1.165, 1.54) is 0 Å². The van der Waals surface area contributed by atoms with Crippen molar-refractivity contribution in [2.24, 2.45) is 4.99 Å². The van der Waals surface area contributed by atoms with E-state index in [1.807, 2.05) is 27.7 Å². The number of hydrogen-bond acceptors (Lipinski definition) is 1. The van der Waals surface area contributed by atoms with E-state index in [0.29, 0.717) is 0 Å². The van der Waals surface area contributed by atoms with Crippen molar-refractivity contribution in [3.8, 4) is 0 Å². The van der Waals surface area contributed by atoms with Gasteiger partial charge in [-0.25, -0.2) is 0 Å². The van der Waals surface area contributed by atoms with Crippen LogP contribution in [0.3, 0.4) is 0 Å². The number of nitrogens with zero attached hydrogens (tertiary/aromatic N) is 1. The minimum absolute atomic E-state index is 0.822. The second kappa shape index (κ2) is 8.15. The SMILES string of the molecule is C=CC(C)=NC(=C)C.CC.